The summed E-state index contributed by atoms with van der Waals surface area (Å²) in [4.78, 5) is 25.6. The SMILES string of the molecule is Cc1ccnc(C=Nc2ccc(N=Cc3nccc(C)n3)cc2)n1. The van der Waals surface area contributed by atoms with Crippen LogP contribution in [0.5, 0.6) is 0 Å². The molecule has 118 valence electrons. The molecule has 0 saturated heterocycles. The van der Waals surface area contributed by atoms with Crippen molar-refractivity contribution in [3.8, 4) is 0 Å². The molecule has 1 aromatic carbocycles. The lowest BCUT2D eigenvalue weighted by Crippen LogP contribution is -1.93. The predicted molar refractivity (Wildman–Crippen MR) is 94.5 cm³/mol. The van der Waals surface area contributed by atoms with Crippen LogP contribution in [0.3, 0.4) is 0 Å². The lowest BCUT2D eigenvalue weighted by atomic mass is 10.3. The Bertz CT molecular complexity index is 810. The number of aryl methyl sites for hydroxylation is 2. The smallest absolute Gasteiger partial charge is 0.170 e. The number of aromatic nitrogens is 4. The van der Waals surface area contributed by atoms with Crippen LogP contribution in [-0.4, -0.2) is 32.4 Å². The fourth-order valence-corrected chi connectivity index (χ4v) is 1.95. The molecule has 6 nitrogen and oxygen atoms in total. The van der Waals surface area contributed by atoms with E-state index in [1.165, 1.54) is 0 Å². The largest absolute Gasteiger partial charge is 0.253 e. The van der Waals surface area contributed by atoms with E-state index in [9.17, 15) is 0 Å². The van der Waals surface area contributed by atoms with Crippen LogP contribution in [0.1, 0.15) is 23.0 Å². The zero-order valence-corrected chi connectivity index (χ0v) is 13.5. The molecule has 0 spiro atoms. The van der Waals surface area contributed by atoms with Crippen molar-refractivity contribution in [2.45, 2.75) is 13.8 Å². The van der Waals surface area contributed by atoms with E-state index in [1.54, 1.807) is 24.8 Å². The van der Waals surface area contributed by atoms with Crippen LogP contribution in [0, 0.1) is 13.8 Å². The van der Waals surface area contributed by atoms with E-state index in [0.717, 1.165) is 22.8 Å². The van der Waals surface area contributed by atoms with Gasteiger partial charge in [-0.05, 0) is 50.2 Å². The molecule has 0 fully saturated rings. The summed E-state index contributed by atoms with van der Waals surface area (Å²) in [6.45, 7) is 3.84. The Morgan fingerprint density at radius 3 is 1.46 bits per heavy atom. The summed E-state index contributed by atoms with van der Waals surface area (Å²) in [7, 11) is 0. The molecular formula is C18H16N6. The lowest BCUT2D eigenvalue weighted by molar-refractivity contribution is 1.08. The molecular weight excluding hydrogens is 300 g/mol. The minimum atomic E-state index is 0.591. The van der Waals surface area contributed by atoms with Crippen molar-refractivity contribution in [3.63, 3.8) is 0 Å². The quantitative estimate of drug-likeness (QED) is 0.691. The number of benzene rings is 1. The van der Waals surface area contributed by atoms with E-state index >= 15 is 0 Å². The van der Waals surface area contributed by atoms with E-state index in [1.807, 2.05) is 50.2 Å². The second-order valence-corrected chi connectivity index (χ2v) is 5.15. The minimum Gasteiger partial charge on any atom is -0.253 e. The van der Waals surface area contributed by atoms with Gasteiger partial charge in [-0.3, -0.25) is 9.98 Å². The van der Waals surface area contributed by atoms with Gasteiger partial charge < -0.3 is 0 Å². The third-order valence-corrected chi connectivity index (χ3v) is 3.13. The van der Waals surface area contributed by atoms with Crippen LogP contribution in [-0.2, 0) is 0 Å². The molecule has 2 heterocycles. The molecule has 3 aromatic rings. The number of rotatable bonds is 4. The highest BCUT2D eigenvalue weighted by Gasteiger charge is 1.95. The van der Waals surface area contributed by atoms with E-state index in [0.29, 0.717) is 11.6 Å². The maximum Gasteiger partial charge on any atom is 0.170 e. The summed E-state index contributed by atoms with van der Waals surface area (Å²) in [6.07, 6.45) is 6.72. The molecule has 0 saturated carbocycles. The molecule has 6 heteroatoms. The first-order valence-electron chi connectivity index (χ1n) is 7.46. The summed E-state index contributed by atoms with van der Waals surface area (Å²) >= 11 is 0. The van der Waals surface area contributed by atoms with Crippen molar-refractivity contribution >= 4 is 23.8 Å². The second kappa shape index (κ2) is 7.32. The highest BCUT2D eigenvalue weighted by Crippen LogP contribution is 2.18. The third-order valence-electron chi connectivity index (χ3n) is 3.13. The number of hydrogen-bond acceptors (Lipinski definition) is 6. The summed E-state index contributed by atoms with van der Waals surface area (Å²) in [5.41, 5.74) is 3.45. The molecule has 0 bridgehead atoms. The van der Waals surface area contributed by atoms with Crippen LogP contribution >= 0.6 is 0 Å². The van der Waals surface area contributed by atoms with Crippen molar-refractivity contribution in [1.29, 1.82) is 0 Å². The van der Waals surface area contributed by atoms with Crippen LogP contribution in [0.2, 0.25) is 0 Å². The van der Waals surface area contributed by atoms with Gasteiger partial charge in [-0.25, -0.2) is 19.9 Å². The minimum absolute atomic E-state index is 0.591. The number of hydrogen-bond donors (Lipinski definition) is 0. The monoisotopic (exact) mass is 316 g/mol. The molecule has 2 aromatic heterocycles. The molecule has 0 aliphatic rings. The standard InChI is InChI=1S/C18H16N6/c1-13-7-9-19-17(23-13)11-21-15-3-5-16(6-4-15)22-12-18-20-10-8-14(2)24-18/h3-12H,1-2H3. The number of aliphatic imine (C=N–C) groups is 2. The Labute approximate surface area is 140 Å². The van der Waals surface area contributed by atoms with Crippen LogP contribution < -0.4 is 0 Å². The van der Waals surface area contributed by atoms with Gasteiger partial charge in [0.25, 0.3) is 0 Å². The zero-order valence-electron chi connectivity index (χ0n) is 13.5. The van der Waals surface area contributed by atoms with Gasteiger partial charge >= 0.3 is 0 Å². The van der Waals surface area contributed by atoms with Gasteiger partial charge in [-0.2, -0.15) is 0 Å². The first-order chi connectivity index (χ1) is 11.7. The summed E-state index contributed by atoms with van der Waals surface area (Å²) in [5, 5.41) is 0. The molecule has 0 unspecified atom stereocenters. The lowest BCUT2D eigenvalue weighted by Gasteiger charge is -1.97. The van der Waals surface area contributed by atoms with Crippen molar-refractivity contribution < 1.29 is 0 Å². The van der Waals surface area contributed by atoms with Gasteiger partial charge in [-0.1, -0.05) is 0 Å². The van der Waals surface area contributed by atoms with Crippen molar-refractivity contribution in [2.75, 3.05) is 0 Å². The molecule has 0 amide bonds. The molecule has 0 radical (unpaired) electrons. The van der Waals surface area contributed by atoms with Gasteiger partial charge in [0.05, 0.1) is 23.8 Å². The maximum atomic E-state index is 4.36. The summed E-state index contributed by atoms with van der Waals surface area (Å²) in [5.74, 6) is 1.18. The highest BCUT2D eigenvalue weighted by atomic mass is 14.9. The van der Waals surface area contributed by atoms with Crippen LogP contribution in [0.4, 0.5) is 11.4 Å². The van der Waals surface area contributed by atoms with Gasteiger partial charge in [0.1, 0.15) is 0 Å². The second-order valence-electron chi connectivity index (χ2n) is 5.15. The Kier molecular flexibility index (Phi) is 4.76. The molecule has 0 aliphatic carbocycles. The normalized spacial score (nSPS) is 11.4. The van der Waals surface area contributed by atoms with E-state index in [-0.39, 0.29) is 0 Å². The Morgan fingerprint density at radius 2 is 1.08 bits per heavy atom. The zero-order chi connectivity index (χ0) is 16.8. The van der Waals surface area contributed by atoms with Crippen molar-refractivity contribution in [1.82, 2.24) is 19.9 Å². The molecule has 0 N–H and O–H groups in total. The first-order valence-corrected chi connectivity index (χ1v) is 7.46. The number of nitrogens with zero attached hydrogens (tertiary/aromatic N) is 6. The van der Waals surface area contributed by atoms with Crippen molar-refractivity contribution in [2.24, 2.45) is 9.98 Å². The first kappa shape index (κ1) is 15.6. The van der Waals surface area contributed by atoms with E-state index in [2.05, 4.69) is 29.9 Å². The van der Waals surface area contributed by atoms with Gasteiger partial charge in [0.15, 0.2) is 11.6 Å². The Hall–Kier alpha value is -3.28. The average Bonchev–Trinajstić information content (AvgIpc) is 2.59. The van der Waals surface area contributed by atoms with Crippen LogP contribution in [0.15, 0.2) is 58.8 Å². The molecule has 3 rings (SSSR count). The van der Waals surface area contributed by atoms with Gasteiger partial charge in [0.2, 0.25) is 0 Å². The fourth-order valence-electron chi connectivity index (χ4n) is 1.95. The topological polar surface area (TPSA) is 76.3 Å². The van der Waals surface area contributed by atoms with Gasteiger partial charge in [-0.15, -0.1) is 0 Å². The molecule has 0 aliphatic heterocycles. The summed E-state index contributed by atoms with van der Waals surface area (Å²) < 4.78 is 0. The fraction of sp³-hybridized carbons (Fsp3) is 0.111. The third kappa shape index (κ3) is 4.36. The van der Waals surface area contributed by atoms with Crippen LogP contribution in [0.25, 0.3) is 0 Å². The van der Waals surface area contributed by atoms with E-state index < -0.39 is 0 Å². The van der Waals surface area contributed by atoms with E-state index in [4.69, 9.17) is 0 Å². The molecule has 0 atom stereocenters. The Balaban J connectivity index is 1.69. The molecule has 24 heavy (non-hydrogen) atoms. The Morgan fingerprint density at radius 1 is 0.667 bits per heavy atom. The van der Waals surface area contributed by atoms with Crippen molar-refractivity contribution in [3.05, 3.63) is 71.8 Å². The predicted octanol–water partition coefficient (Wildman–Crippen LogP) is 3.38. The highest BCUT2D eigenvalue weighted by molar-refractivity contribution is 5.78. The average molecular weight is 316 g/mol. The van der Waals surface area contributed by atoms with Gasteiger partial charge in [0, 0.05) is 23.8 Å². The summed E-state index contributed by atoms with van der Waals surface area (Å²) in [6, 6.07) is 11.2. The maximum absolute atomic E-state index is 4.36.